The van der Waals surface area contributed by atoms with E-state index in [2.05, 4.69) is 0 Å². The second-order valence-corrected chi connectivity index (χ2v) is 4.46. The largest absolute Gasteiger partial charge is 0.389 e. The zero-order valence-corrected chi connectivity index (χ0v) is 8.67. The molecule has 1 N–H and O–H groups in total. The van der Waals surface area contributed by atoms with Gasteiger partial charge < -0.3 is 14.6 Å². The molecule has 2 atom stereocenters. The standard InChI is InChI=1S/C10H14F2O3/c1-8(2)14-6-9(15-8)7(13)4-3-5-10(9,11)12/h3,5,7,13H,4,6H2,1-2H3/t7-,9-/m0/s1. The zero-order chi connectivity index (χ0) is 11.3. The predicted molar refractivity (Wildman–Crippen MR) is 48.6 cm³/mol. The summed E-state index contributed by atoms with van der Waals surface area (Å²) in [6, 6.07) is 0. The molecule has 0 radical (unpaired) electrons. The number of hydrogen-bond donors (Lipinski definition) is 1. The molecular weight excluding hydrogens is 206 g/mol. The van der Waals surface area contributed by atoms with Crippen LogP contribution in [-0.2, 0) is 9.47 Å². The fourth-order valence-corrected chi connectivity index (χ4v) is 2.01. The second-order valence-electron chi connectivity index (χ2n) is 4.46. The van der Waals surface area contributed by atoms with E-state index in [9.17, 15) is 13.9 Å². The quantitative estimate of drug-likeness (QED) is 0.628. The van der Waals surface area contributed by atoms with Crippen molar-refractivity contribution in [1.82, 2.24) is 0 Å². The molecule has 1 heterocycles. The summed E-state index contributed by atoms with van der Waals surface area (Å²) in [6.07, 6.45) is 0.976. The normalized spacial score (nSPS) is 42.3. The van der Waals surface area contributed by atoms with Crippen molar-refractivity contribution in [2.75, 3.05) is 6.61 Å². The lowest BCUT2D eigenvalue weighted by molar-refractivity contribution is -0.248. The van der Waals surface area contributed by atoms with Crippen LogP contribution in [0.5, 0.6) is 0 Å². The number of hydrogen-bond acceptors (Lipinski definition) is 3. The molecule has 0 aromatic carbocycles. The Hall–Kier alpha value is -0.520. The zero-order valence-electron chi connectivity index (χ0n) is 8.67. The van der Waals surface area contributed by atoms with Crippen LogP contribution in [0.3, 0.4) is 0 Å². The van der Waals surface area contributed by atoms with Crippen molar-refractivity contribution >= 4 is 0 Å². The molecule has 86 valence electrons. The second kappa shape index (κ2) is 2.99. The summed E-state index contributed by atoms with van der Waals surface area (Å²) in [6.45, 7) is 2.82. The van der Waals surface area contributed by atoms with Crippen molar-refractivity contribution in [2.45, 2.75) is 43.7 Å². The maximum absolute atomic E-state index is 13.7. The molecule has 2 rings (SSSR count). The summed E-state index contributed by atoms with van der Waals surface area (Å²) >= 11 is 0. The molecule has 1 aliphatic carbocycles. The Morgan fingerprint density at radius 1 is 1.40 bits per heavy atom. The van der Waals surface area contributed by atoms with Gasteiger partial charge in [-0.3, -0.25) is 0 Å². The van der Waals surface area contributed by atoms with Crippen LogP contribution in [0.25, 0.3) is 0 Å². The van der Waals surface area contributed by atoms with E-state index >= 15 is 0 Å². The van der Waals surface area contributed by atoms with Gasteiger partial charge in [0.1, 0.15) is 0 Å². The van der Waals surface area contributed by atoms with Gasteiger partial charge in [-0.2, -0.15) is 8.78 Å². The molecule has 1 saturated heterocycles. The van der Waals surface area contributed by atoms with Gasteiger partial charge in [0.2, 0.25) is 0 Å². The van der Waals surface area contributed by atoms with Crippen molar-refractivity contribution in [1.29, 1.82) is 0 Å². The first kappa shape index (κ1) is 11.0. The maximum Gasteiger partial charge on any atom is 0.299 e. The topological polar surface area (TPSA) is 38.7 Å². The summed E-state index contributed by atoms with van der Waals surface area (Å²) in [7, 11) is 0. The summed E-state index contributed by atoms with van der Waals surface area (Å²) in [4.78, 5) is 0. The summed E-state index contributed by atoms with van der Waals surface area (Å²) < 4.78 is 37.8. The molecule has 3 nitrogen and oxygen atoms in total. The van der Waals surface area contributed by atoms with Gasteiger partial charge in [0.25, 0.3) is 5.92 Å². The van der Waals surface area contributed by atoms with E-state index in [1.54, 1.807) is 13.8 Å². The molecule has 0 bridgehead atoms. The van der Waals surface area contributed by atoms with Crippen LogP contribution in [0.1, 0.15) is 20.3 Å². The molecule has 0 unspecified atom stereocenters. The van der Waals surface area contributed by atoms with E-state index in [-0.39, 0.29) is 13.0 Å². The average molecular weight is 220 g/mol. The highest BCUT2D eigenvalue weighted by Crippen LogP contribution is 2.47. The van der Waals surface area contributed by atoms with Gasteiger partial charge in [-0.1, -0.05) is 6.08 Å². The average Bonchev–Trinajstić information content (AvgIpc) is 2.41. The number of aliphatic hydroxyl groups is 1. The van der Waals surface area contributed by atoms with Crippen molar-refractivity contribution in [3.05, 3.63) is 12.2 Å². The lowest BCUT2D eigenvalue weighted by Crippen LogP contribution is -2.59. The van der Waals surface area contributed by atoms with Crippen molar-refractivity contribution < 1.29 is 23.4 Å². The van der Waals surface area contributed by atoms with E-state index in [1.807, 2.05) is 0 Å². The Morgan fingerprint density at radius 2 is 2.07 bits per heavy atom. The first-order chi connectivity index (χ1) is 6.79. The van der Waals surface area contributed by atoms with E-state index < -0.39 is 23.4 Å². The number of rotatable bonds is 0. The minimum Gasteiger partial charge on any atom is -0.389 e. The smallest absolute Gasteiger partial charge is 0.299 e. The van der Waals surface area contributed by atoms with Gasteiger partial charge in [0, 0.05) is 0 Å². The fourth-order valence-electron chi connectivity index (χ4n) is 2.01. The van der Waals surface area contributed by atoms with Crippen LogP contribution in [0.2, 0.25) is 0 Å². The molecule has 1 spiro atoms. The van der Waals surface area contributed by atoms with Gasteiger partial charge in [0.05, 0.1) is 12.7 Å². The van der Waals surface area contributed by atoms with Crippen molar-refractivity contribution in [3.63, 3.8) is 0 Å². The van der Waals surface area contributed by atoms with Crippen LogP contribution in [-0.4, -0.2) is 35.1 Å². The van der Waals surface area contributed by atoms with Crippen molar-refractivity contribution in [2.24, 2.45) is 0 Å². The minimum absolute atomic E-state index is 0.162. The molecule has 1 aliphatic heterocycles. The Kier molecular flexibility index (Phi) is 2.19. The Bertz CT molecular complexity index is 301. The molecule has 15 heavy (non-hydrogen) atoms. The Labute approximate surface area is 86.7 Å². The van der Waals surface area contributed by atoms with Gasteiger partial charge in [-0.15, -0.1) is 0 Å². The van der Waals surface area contributed by atoms with E-state index in [4.69, 9.17) is 9.47 Å². The minimum atomic E-state index is -3.20. The molecule has 0 saturated carbocycles. The molecule has 2 aliphatic rings. The molecule has 5 heteroatoms. The monoisotopic (exact) mass is 220 g/mol. The first-order valence-electron chi connectivity index (χ1n) is 4.87. The van der Waals surface area contributed by atoms with Crippen LogP contribution < -0.4 is 0 Å². The van der Waals surface area contributed by atoms with Crippen LogP contribution in [0.4, 0.5) is 8.78 Å². The number of alkyl halides is 2. The maximum atomic E-state index is 13.7. The van der Waals surface area contributed by atoms with Crippen LogP contribution in [0.15, 0.2) is 12.2 Å². The molecular formula is C10H14F2O3. The summed E-state index contributed by atoms with van der Waals surface area (Å²) in [5.41, 5.74) is -1.93. The molecule has 0 amide bonds. The first-order valence-corrected chi connectivity index (χ1v) is 4.87. The highest BCUT2D eigenvalue weighted by Gasteiger charge is 2.65. The number of halogens is 2. The van der Waals surface area contributed by atoms with Gasteiger partial charge >= 0.3 is 0 Å². The van der Waals surface area contributed by atoms with Gasteiger partial charge in [-0.25, -0.2) is 0 Å². The lowest BCUT2D eigenvalue weighted by atomic mass is 9.83. The highest BCUT2D eigenvalue weighted by molar-refractivity contribution is 5.18. The van der Waals surface area contributed by atoms with Gasteiger partial charge in [-0.05, 0) is 26.3 Å². The third-order valence-electron chi connectivity index (χ3n) is 2.85. The highest BCUT2D eigenvalue weighted by atomic mass is 19.3. The molecule has 1 fully saturated rings. The number of ether oxygens (including phenoxy) is 2. The van der Waals surface area contributed by atoms with E-state index in [0.717, 1.165) is 6.08 Å². The van der Waals surface area contributed by atoms with Crippen LogP contribution in [0, 0.1) is 0 Å². The summed E-state index contributed by atoms with van der Waals surface area (Å²) in [5, 5.41) is 9.69. The SMILES string of the molecule is CC1(C)OC[C@]2(O1)[C@@H](O)CC=CC2(F)F. The third kappa shape index (κ3) is 1.49. The fraction of sp³-hybridized carbons (Fsp3) is 0.800. The molecule has 0 aromatic heterocycles. The van der Waals surface area contributed by atoms with Crippen molar-refractivity contribution in [3.8, 4) is 0 Å². The summed E-state index contributed by atoms with van der Waals surface area (Å²) in [5.74, 6) is -4.27. The predicted octanol–water partition coefficient (Wildman–Crippen LogP) is 1.46. The van der Waals surface area contributed by atoms with Crippen LogP contribution >= 0.6 is 0 Å². The molecule has 0 aromatic rings. The lowest BCUT2D eigenvalue weighted by Gasteiger charge is -2.40. The van der Waals surface area contributed by atoms with E-state index in [0.29, 0.717) is 0 Å². The van der Waals surface area contributed by atoms with E-state index in [1.165, 1.54) is 6.08 Å². The Morgan fingerprint density at radius 3 is 2.53 bits per heavy atom. The number of aliphatic hydroxyl groups excluding tert-OH is 1. The third-order valence-corrected chi connectivity index (χ3v) is 2.85. The van der Waals surface area contributed by atoms with Gasteiger partial charge in [0.15, 0.2) is 11.4 Å². The Balaban J connectivity index is 2.37.